The molecule has 0 radical (unpaired) electrons. The maximum absolute atomic E-state index is 13.5. The lowest BCUT2D eigenvalue weighted by Gasteiger charge is -2.21. The number of imide groups is 1. The van der Waals surface area contributed by atoms with Crippen molar-refractivity contribution in [3.63, 3.8) is 0 Å². The Hall–Kier alpha value is -4.49. The zero-order valence-electron chi connectivity index (χ0n) is 17.3. The van der Waals surface area contributed by atoms with Gasteiger partial charge in [-0.15, -0.1) is 0 Å². The van der Waals surface area contributed by atoms with Gasteiger partial charge in [0.15, 0.2) is 0 Å². The lowest BCUT2D eigenvalue weighted by atomic mass is 10.0. The van der Waals surface area contributed by atoms with Gasteiger partial charge in [0, 0.05) is 5.56 Å². The van der Waals surface area contributed by atoms with Gasteiger partial charge in [0.2, 0.25) is 0 Å². The molecule has 5 rings (SSSR count). The third-order valence-corrected chi connectivity index (χ3v) is 5.46. The van der Waals surface area contributed by atoms with E-state index in [0.29, 0.717) is 16.2 Å². The summed E-state index contributed by atoms with van der Waals surface area (Å²) in [5.41, 5.74) is 1.75. The van der Waals surface area contributed by atoms with Gasteiger partial charge >= 0.3 is 6.09 Å². The van der Waals surface area contributed by atoms with Crippen LogP contribution in [-0.4, -0.2) is 33.1 Å². The van der Waals surface area contributed by atoms with Crippen molar-refractivity contribution in [3.05, 3.63) is 119 Å². The van der Waals surface area contributed by atoms with Crippen molar-refractivity contribution in [2.75, 3.05) is 0 Å². The molecule has 0 fully saturated rings. The summed E-state index contributed by atoms with van der Waals surface area (Å²) in [6.07, 6.45) is -0.901. The molecular formula is C26H18N2O5. The molecule has 3 aromatic rings. The average molecular weight is 438 g/mol. The molecule has 0 aliphatic carbocycles. The summed E-state index contributed by atoms with van der Waals surface area (Å²) in [5.74, 6) is -1.51. The van der Waals surface area contributed by atoms with E-state index in [-0.39, 0.29) is 29.1 Å². The van der Waals surface area contributed by atoms with Gasteiger partial charge in [-0.3, -0.25) is 14.8 Å². The maximum atomic E-state index is 13.5. The zero-order chi connectivity index (χ0) is 22.9. The highest BCUT2D eigenvalue weighted by molar-refractivity contribution is 6.32. The number of hydrogen-bond donors (Lipinski definition) is 1. The number of carbonyl (C=O) groups excluding carboxylic acids is 3. The molecule has 7 nitrogen and oxygen atoms in total. The SMILES string of the molecule is O=C1C2=C(c3ccccc3)N(C(=O)OCc3ccccc3)C(=O)C2=C(c2ccccc2)N1O. The monoisotopic (exact) mass is 438 g/mol. The Labute approximate surface area is 189 Å². The smallest absolute Gasteiger partial charge is 0.421 e. The Morgan fingerprint density at radius 1 is 0.697 bits per heavy atom. The number of hydroxylamine groups is 2. The van der Waals surface area contributed by atoms with Gasteiger partial charge in [-0.25, -0.2) is 9.69 Å². The van der Waals surface area contributed by atoms with Crippen LogP contribution < -0.4 is 0 Å². The van der Waals surface area contributed by atoms with Crippen molar-refractivity contribution in [3.8, 4) is 0 Å². The third-order valence-electron chi connectivity index (χ3n) is 5.46. The first-order valence-corrected chi connectivity index (χ1v) is 10.3. The fraction of sp³-hybridized carbons (Fsp3) is 0.0385. The quantitative estimate of drug-likeness (QED) is 0.617. The standard InChI is InChI=1S/C26H18N2O5/c29-24-21-20(25(30)28(32)23(21)19-14-8-3-9-15-19)22(18-12-6-2-7-13-18)27(24)26(31)33-16-17-10-4-1-5-11-17/h1-15,32H,16H2. The summed E-state index contributed by atoms with van der Waals surface area (Å²) < 4.78 is 5.42. The largest absolute Gasteiger partial charge is 0.444 e. The topological polar surface area (TPSA) is 87.2 Å². The van der Waals surface area contributed by atoms with Gasteiger partial charge in [0.25, 0.3) is 11.8 Å². The van der Waals surface area contributed by atoms with Gasteiger partial charge < -0.3 is 4.74 Å². The van der Waals surface area contributed by atoms with E-state index in [1.54, 1.807) is 72.8 Å². The highest BCUT2D eigenvalue weighted by atomic mass is 16.6. The van der Waals surface area contributed by atoms with Gasteiger partial charge in [-0.2, -0.15) is 5.06 Å². The number of amides is 3. The van der Waals surface area contributed by atoms with Crippen molar-refractivity contribution in [2.24, 2.45) is 0 Å². The number of hydrogen-bond acceptors (Lipinski definition) is 5. The van der Waals surface area contributed by atoms with Gasteiger partial charge in [-0.1, -0.05) is 91.0 Å². The Bertz CT molecular complexity index is 1310. The number of fused-ring (bicyclic) bond motifs is 1. The second-order valence-corrected chi connectivity index (χ2v) is 7.48. The molecule has 7 heteroatoms. The molecule has 2 aliphatic rings. The van der Waals surface area contributed by atoms with Crippen LogP contribution in [0.3, 0.4) is 0 Å². The number of benzene rings is 3. The minimum Gasteiger partial charge on any atom is -0.444 e. The van der Waals surface area contributed by atoms with E-state index in [0.717, 1.165) is 10.5 Å². The molecule has 0 saturated heterocycles. The molecule has 162 valence electrons. The van der Waals surface area contributed by atoms with Crippen LogP contribution in [0.4, 0.5) is 4.79 Å². The van der Waals surface area contributed by atoms with Gasteiger partial charge in [-0.05, 0) is 11.1 Å². The van der Waals surface area contributed by atoms with Crippen LogP contribution in [0.25, 0.3) is 11.4 Å². The second-order valence-electron chi connectivity index (χ2n) is 7.48. The first kappa shape index (κ1) is 20.4. The zero-order valence-corrected chi connectivity index (χ0v) is 17.3. The first-order chi connectivity index (χ1) is 16.1. The van der Waals surface area contributed by atoms with Crippen LogP contribution in [0.1, 0.15) is 16.7 Å². The van der Waals surface area contributed by atoms with Crippen molar-refractivity contribution in [1.82, 2.24) is 9.96 Å². The molecule has 0 saturated carbocycles. The predicted molar refractivity (Wildman–Crippen MR) is 119 cm³/mol. The minimum absolute atomic E-state index is 0.0346. The fourth-order valence-electron chi connectivity index (χ4n) is 3.98. The van der Waals surface area contributed by atoms with Crippen molar-refractivity contribution in [2.45, 2.75) is 6.61 Å². The van der Waals surface area contributed by atoms with Crippen LogP contribution in [0.15, 0.2) is 102 Å². The Balaban J connectivity index is 1.63. The molecule has 0 spiro atoms. The normalized spacial score (nSPS) is 15.4. The van der Waals surface area contributed by atoms with E-state index in [9.17, 15) is 19.6 Å². The Morgan fingerprint density at radius 3 is 1.76 bits per heavy atom. The van der Waals surface area contributed by atoms with Crippen LogP contribution in [0, 0.1) is 0 Å². The first-order valence-electron chi connectivity index (χ1n) is 10.3. The van der Waals surface area contributed by atoms with E-state index in [4.69, 9.17) is 4.74 Å². The molecule has 0 aromatic heterocycles. The fourth-order valence-corrected chi connectivity index (χ4v) is 3.98. The maximum Gasteiger partial charge on any atom is 0.421 e. The van der Waals surface area contributed by atoms with Crippen molar-refractivity contribution in [1.29, 1.82) is 0 Å². The van der Waals surface area contributed by atoms with Crippen LogP contribution >= 0.6 is 0 Å². The number of ether oxygens (including phenoxy) is 1. The molecule has 0 atom stereocenters. The summed E-state index contributed by atoms with van der Waals surface area (Å²) in [4.78, 5) is 40.6. The van der Waals surface area contributed by atoms with Crippen LogP contribution in [0.2, 0.25) is 0 Å². The summed E-state index contributed by atoms with van der Waals surface area (Å²) in [7, 11) is 0. The predicted octanol–water partition coefficient (Wildman–Crippen LogP) is 4.22. The summed E-state index contributed by atoms with van der Waals surface area (Å²) >= 11 is 0. The van der Waals surface area contributed by atoms with E-state index >= 15 is 0 Å². The summed E-state index contributed by atoms with van der Waals surface area (Å²) in [6, 6.07) is 26.3. The number of carbonyl (C=O) groups is 3. The molecule has 1 N–H and O–H groups in total. The molecule has 33 heavy (non-hydrogen) atoms. The van der Waals surface area contributed by atoms with E-state index in [1.165, 1.54) is 0 Å². The molecule has 2 aliphatic heterocycles. The van der Waals surface area contributed by atoms with Crippen LogP contribution in [0.5, 0.6) is 0 Å². The highest BCUT2D eigenvalue weighted by Gasteiger charge is 2.51. The molecule has 0 bridgehead atoms. The Morgan fingerprint density at radius 2 is 1.18 bits per heavy atom. The van der Waals surface area contributed by atoms with E-state index < -0.39 is 17.9 Å². The molecule has 0 unspecified atom stereocenters. The van der Waals surface area contributed by atoms with Gasteiger partial charge in [0.05, 0.1) is 22.5 Å². The number of nitrogens with zero attached hydrogens (tertiary/aromatic N) is 2. The van der Waals surface area contributed by atoms with E-state index in [1.807, 2.05) is 18.2 Å². The van der Waals surface area contributed by atoms with Crippen molar-refractivity contribution >= 4 is 29.3 Å². The van der Waals surface area contributed by atoms with Crippen LogP contribution in [-0.2, 0) is 20.9 Å². The highest BCUT2D eigenvalue weighted by Crippen LogP contribution is 2.45. The Kier molecular flexibility index (Phi) is 5.08. The minimum atomic E-state index is -0.901. The lowest BCUT2D eigenvalue weighted by Crippen LogP contribution is -2.34. The van der Waals surface area contributed by atoms with Crippen molar-refractivity contribution < 1.29 is 24.3 Å². The number of rotatable bonds is 4. The molecule has 3 amide bonds. The molecule has 3 aromatic carbocycles. The second kappa shape index (κ2) is 8.22. The summed E-state index contributed by atoms with van der Waals surface area (Å²) in [6.45, 7) is -0.0362. The average Bonchev–Trinajstić information content (AvgIpc) is 3.30. The van der Waals surface area contributed by atoms with Gasteiger partial charge in [0.1, 0.15) is 6.61 Å². The lowest BCUT2D eigenvalue weighted by molar-refractivity contribution is -0.144. The summed E-state index contributed by atoms with van der Waals surface area (Å²) in [5, 5.41) is 11.0. The third kappa shape index (κ3) is 3.40. The van der Waals surface area contributed by atoms with E-state index in [2.05, 4.69) is 0 Å². The molecular weight excluding hydrogens is 420 g/mol. The molecule has 2 heterocycles.